The molecule has 1 aliphatic rings. The van der Waals surface area contributed by atoms with Crippen LogP contribution in [-0.2, 0) is 17.6 Å². The second kappa shape index (κ2) is 8.22. The summed E-state index contributed by atoms with van der Waals surface area (Å²) in [5.41, 5.74) is 2.62. The molecule has 158 valence electrons. The van der Waals surface area contributed by atoms with Gasteiger partial charge >= 0.3 is 0 Å². The molecule has 1 amide bonds. The Morgan fingerprint density at radius 3 is 2.97 bits per heavy atom. The summed E-state index contributed by atoms with van der Waals surface area (Å²) in [5, 5.41) is 15.9. The minimum absolute atomic E-state index is 0.0360. The van der Waals surface area contributed by atoms with Crippen LogP contribution in [0.25, 0.3) is 5.69 Å². The van der Waals surface area contributed by atoms with Gasteiger partial charge in [-0.05, 0) is 36.5 Å². The molecule has 3 aromatic rings. The Hall–Kier alpha value is -2.68. The molecular weight excluding hydrogens is 405 g/mol. The van der Waals surface area contributed by atoms with Gasteiger partial charge in [0.2, 0.25) is 11.8 Å². The summed E-state index contributed by atoms with van der Waals surface area (Å²) in [6.07, 6.45) is 4.03. The third kappa shape index (κ3) is 4.40. The highest BCUT2D eigenvalue weighted by atomic mass is 32.2. The Kier molecular flexibility index (Phi) is 5.64. The van der Waals surface area contributed by atoms with Crippen molar-refractivity contribution >= 4 is 17.7 Å². The molecule has 0 unspecified atom stereocenters. The van der Waals surface area contributed by atoms with Crippen molar-refractivity contribution in [3.8, 4) is 5.69 Å². The zero-order valence-electron chi connectivity index (χ0n) is 17.2. The van der Waals surface area contributed by atoms with E-state index in [4.69, 9.17) is 4.42 Å². The van der Waals surface area contributed by atoms with Crippen LogP contribution in [0, 0.1) is 11.2 Å². The van der Waals surface area contributed by atoms with Gasteiger partial charge in [-0.25, -0.2) is 9.07 Å². The molecule has 0 fully saturated rings. The molecule has 2 heterocycles. The second-order valence-electron chi connectivity index (χ2n) is 8.21. The first-order valence-corrected chi connectivity index (χ1v) is 10.9. The zero-order chi connectivity index (χ0) is 21.3. The SMILES string of the molecule is CCc1nnc(SCC(=O)N[C@@H]2CC(C)(C)Cc3c2cnn3-c2cccc(F)c2)o1. The Morgan fingerprint density at radius 1 is 1.40 bits per heavy atom. The molecule has 0 saturated heterocycles. The molecule has 0 aliphatic heterocycles. The van der Waals surface area contributed by atoms with Crippen molar-refractivity contribution < 1.29 is 13.6 Å². The number of hydrogen-bond acceptors (Lipinski definition) is 6. The van der Waals surface area contributed by atoms with Crippen molar-refractivity contribution in [2.45, 2.75) is 51.3 Å². The molecule has 30 heavy (non-hydrogen) atoms. The van der Waals surface area contributed by atoms with Crippen molar-refractivity contribution in [2.75, 3.05) is 5.75 Å². The summed E-state index contributed by atoms with van der Waals surface area (Å²) in [5.74, 6) is 0.334. The van der Waals surface area contributed by atoms with E-state index in [1.165, 1.54) is 23.9 Å². The van der Waals surface area contributed by atoms with Crippen molar-refractivity contribution in [1.29, 1.82) is 0 Å². The molecule has 0 spiro atoms. The van der Waals surface area contributed by atoms with Gasteiger partial charge in [0.25, 0.3) is 5.22 Å². The standard InChI is InChI=1S/C21H24FN5O2S/c1-4-19-25-26-20(29-19)30-12-18(28)24-16-9-21(2,3)10-17-15(16)11-23-27(17)14-7-5-6-13(22)8-14/h5-8,11,16H,4,9-10,12H2,1-3H3,(H,24,28)/t16-/m1/s1. The molecule has 7 nitrogen and oxygen atoms in total. The molecule has 1 aromatic carbocycles. The van der Waals surface area contributed by atoms with E-state index in [0.717, 1.165) is 24.1 Å². The number of aryl methyl sites for hydroxylation is 1. The third-order valence-corrected chi connectivity index (χ3v) is 5.96. The number of amides is 1. The quantitative estimate of drug-likeness (QED) is 0.599. The number of benzene rings is 1. The molecule has 0 radical (unpaired) electrons. The number of rotatable bonds is 6. The number of thioether (sulfide) groups is 1. The summed E-state index contributed by atoms with van der Waals surface area (Å²) < 4.78 is 20.9. The van der Waals surface area contributed by atoms with Crippen molar-refractivity contribution in [1.82, 2.24) is 25.3 Å². The molecule has 0 saturated carbocycles. The fraction of sp³-hybridized carbons (Fsp3) is 0.429. The minimum Gasteiger partial charge on any atom is -0.416 e. The molecule has 9 heteroatoms. The summed E-state index contributed by atoms with van der Waals surface area (Å²) in [6.45, 7) is 6.26. The van der Waals surface area contributed by atoms with E-state index in [2.05, 4.69) is 34.5 Å². The third-order valence-electron chi connectivity index (χ3n) is 5.14. The first kappa shape index (κ1) is 20.6. The summed E-state index contributed by atoms with van der Waals surface area (Å²) in [6, 6.07) is 6.22. The average Bonchev–Trinajstić information content (AvgIpc) is 3.32. The smallest absolute Gasteiger partial charge is 0.277 e. The zero-order valence-corrected chi connectivity index (χ0v) is 18.0. The second-order valence-corrected chi connectivity index (χ2v) is 9.13. The van der Waals surface area contributed by atoms with E-state index in [-0.39, 0.29) is 28.9 Å². The van der Waals surface area contributed by atoms with Gasteiger partial charge in [-0.1, -0.05) is 38.6 Å². The fourth-order valence-electron chi connectivity index (χ4n) is 3.80. The number of halogens is 1. The van der Waals surface area contributed by atoms with Crippen LogP contribution in [0.2, 0.25) is 0 Å². The van der Waals surface area contributed by atoms with E-state index >= 15 is 0 Å². The van der Waals surface area contributed by atoms with Crippen LogP contribution < -0.4 is 5.32 Å². The molecule has 1 N–H and O–H groups in total. The highest BCUT2D eigenvalue weighted by molar-refractivity contribution is 7.99. The number of aromatic nitrogens is 4. The Balaban J connectivity index is 1.51. The van der Waals surface area contributed by atoms with Crippen molar-refractivity contribution in [3.63, 3.8) is 0 Å². The molecular formula is C21H24FN5O2S. The number of hydrogen-bond donors (Lipinski definition) is 1. The molecule has 1 atom stereocenters. The number of nitrogens with zero attached hydrogens (tertiary/aromatic N) is 4. The van der Waals surface area contributed by atoms with Gasteiger partial charge in [0.15, 0.2) is 0 Å². The first-order chi connectivity index (χ1) is 14.3. The average molecular weight is 430 g/mol. The lowest BCUT2D eigenvalue weighted by molar-refractivity contribution is -0.119. The predicted octanol–water partition coefficient (Wildman–Crippen LogP) is 3.88. The van der Waals surface area contributed by atoms with Crippen LogP contribution in [0.4, 0.5) is 4.39 Å². The monoisotopic (exact) mass is 429 g/mol. The van der Waals surface area contributed by atoms with Gasteiger partial charge in [0.05, 0.1) is 29.4 Å². The molecule has 2 aromatic heterocycles. The summed E-state index contributed by atoms with van der Waals surface area (Å²) in [7, 11) is 0. The lowest BCUT2D eigenvalue weighted by Crippen LogP contribution is -2.37. The molecule has 0 bridgehead atoms. The number of nitrogens with one attached hydrogen (secondary N) is 1. The first-order valence-electron chi connectivity index (χ1n) is 9.92. The Bertz CT molecular complexity index is 1060. The lowest BCUT2D eigenvalue weighted by atomic mass is 9.74. The maximum atomic E-state index is 13.7. The van der Waals surface area contributed by atoms with Crippen LogP contribution in [0.3, 0.4) is 0 Å². The van der Waals surface area contributed by atoms with Crippen LogP contribution in [-0.4, -0.2) is 31.6 Å². The van der Waals surface area contributed by atoms with Gasteiger partial charge in [0, 0.05) is 12.0 Å². The number of carbonyl (C=O) groups excluding carboxylic acids is 1. The van der Waals surface area contributed by atoms with Crippen molar-refractivity contribution in [2.24, 2.45) is 5.41 Å². The number of fused-ring (bicyclic) bond motifs is 1. The maximum absolute atomic E-state index is 13.7. The summed E-state index contributed by atoms with van der Waals surface area (Å²) >= 11 is 1.22. The Morgan fingerprint density at radius 2 is 2.23 bits per heavy atom. The molecule has 4 rings (SSSR count). The highest BCUT2D eigenvalue weighted by Gasteiger charge is 2.36. The van der Waals surface area contributed by atoms with Crippen LogP contribution in [0.15, 0.2) is 40.1 Å². The van der Waals surface area contributed by atoms with E-state index in [1.807, 2.05) is 13.0 Å². The van der Waals surface area contributed by atoms with E-state index in [9.17, 15) is 9.18 Å². The van der Waals surface area contributed by atoms with E-state index in [0.29, 0.717) is 23.2 Å². The topological polar surface area (TPSA) is 85.8 Å². The minimum atomic E-state index is -0.305. The predicted molar refractivity (Wildman–Crippen MR) is 111 cm³/mol. The van der Waals surface area contributed by atoms with Crippen LogP contribution in [0.5, 0.6) is 0 Å². The largest absolute Gasteiger partial charge is 0.416 e. The lowest BCUT2D eigenvalue weighted by Gasteiger charge is -2.36. The highest BCUT2D eigenvalue weighted by Crippen LogP contribution is 2.41. The normalized spacial score (nSPS) is 17.5. The Labute approximate surface area is 178 Å². The van der Waals surface area contributed by atoms with E-state index in [1.54, 1.807) is 16.9 Å². The van der Waals surface area contributed by atoms with Crippen LogP contribution >= 0.6 is 11.8 Å². The van der Waals surface area contributed by atoms with E-state index < -0.39 is 0 Å². The van der Waals surface area contributed by atoms with Gasteiger partial charge in [0.1, 0.15) is 5.82 Å². The van der Waals surface area contributed by atoms with Gasteiger partial charge in [-0.2, -0.15) is 5.10 Å². The van der Waals surface area contributed by atoms with Crippen molar-refractivity contribution in [3.05, 3.63) is 53.4 Å². The maximum Gasteiger partial charge on any atom is 0.277 e. The van der Waals surface area contributed by atoms with Crippen LogP contribution in [0.1, 0.15) is 50.4 Å². The van der Waals surface area contributed by atoms with Gasteiger partial charge in [-0.15, -0.1) is 10.2 Å². The van der Waals surface area contributed by atoms with Gasteiger partial charge in [-0.3, -0.25) is 4.79 Å². The fourth-order valence-corrected chi connectivity index (χ4v) is 4.40. The van der Waals surface area contributed by atoms with Gasteiger partial charge < -0.3 is 9.73 Å². The number of carbonyl (C=O) groups is 1. The summed E-state index contributed by atoms with van der Waals surface area (Å²) in [4.78, 5) is 12.6. The molecule has 1 aliphatic carbocycles.